The molecule has 0 spiro atoms. The van der Waals surface area contributed by atoms with Crippen LogP contribution >= 0.6 is 0 Å². The second kappa shape index (κ2) is 12.9. The first-order valence-electron chi connectivity index (χ1n) is 17.0. The van der Waals surface area contributed by atoms with Crippen molar-refractivity contribution in [1.82, 2.24) is 24.9 Å². The average Bonchev–Trinajstić information content (AvgIpc) is 3.21. The zero-order valence-corrected chi connectivity index (χ0v) is 27.9. The summed E-state index contributed by atoms with van der Waals surface area (Å²) in [4.78, 5) is 24.7. The predicted molar refractivity (Wildman–Crippen MR) is 208 cm³/mol. The van der Waals surface area contributed by atoms with E-state index in [1.165, 1.54) is 5.56 Å². The van der Waals surface area contributed by atoms with Crippen LogP contribution < -0.4 is 0 Å². The zero-order valence-electron chi connectivity index (χ0n) is 27.9. The molecule has 9 aromatic rings. The van der Waals surface area contributed by atoms with Gasteiger partial charge in [-0.3, -0.25) is 9.97 Å². The number of benzene rings is 5. The Balaban J connectivity index is 1.19. The third kappa shape index (κ3) is 5.91. The van der Waals surface area contributed by atoms with E-state index >= 15 is 0 Å². The summed E-state index contributed by atoms with van der Waals surface area (Å²) >= 11 is 0. The lowest BCUT2D eigenvalue weighted by Crippen LogP contribution is -1.97. The number of hydrogen-bond donors (Lipinski definition) is 0. The Bertz CT molecular complexity index is 2620. The van der Waals surface area contributed by atoms with Crippen molar-refractivity contribution in [2.75, 3.05) is 0 Å². The number of nitrogens with zero attached hydrogens (tertiary/aromatic N) is 5. The topological polar surface area (TPSA) is 64.5 Å². The molecule has 5 aromatic carbocycles. The quantitative estimate of drug-likeness (QED) is 0.167. The van der Waals surface area contributed by atoms with E-state index in [0.717, 1.165) is 83.7 Å². The van der Waals surface area contributed by atoms with E-state index in [-0.39, 0.29) is 0 Å². The maximum atomic E-state index is 5.29. The molecule has 51 heavy (non-hydrogen) atoms. The van der Waals surface area contributed by atoms with Crippen LogP contribution in [0.3, 0.4) is 0 Å². The second-order valence-corrected chi connectivity index (χ2v) is 12.6. The molecule has 5 heteroatoms. The average molecular weight is 654 g/mol. The van der Waals surface area contributed by atoms with Gasteiger partial charge in [0.2, 0.25) is 0 Å². The van der Waals surface area contributed by atoms with Gasteiger partial charge >= 0.3 is 0 Å². The Labute approximate surface area is 296 Å². The van der Waals surface area contributed by atoms with Crippen LogP contribution in [0.5, 0.6) is 0 Å². The minimum Gasteiger partial charge on any atom is -0.253 e. The van der Waals surface area contributed by atoms with Crippen molar-refractivity contribution >= 4 is 21.8 Å². The molecule has 0 bridgehead atoms. The van der Waals surface area contributed by atoms with Gasteiger partial charge in [0, 0.05) is 39.4 Å². The van der Waals surface area contributed by atoms with Crippen LogP contribution in [0.1, 0.15) is 5.69 Å². The molecule has 0 N–H and O–H groups in total. The summed E-state index contributed by atoms with van der Waals surface area (Å²) in [5.74, 6) is 0.591. The lowest BCUT2D eigenvalue weighted by molar-refractivity contribution is 1.15. The summed E-state index contributed by atoms with van der Waals surface area (Å²) in [5, 5.41) is 2.13. The maximum absolute atomic E-state index is 5.29. The molecule has 0 fully saturated rings. The van der Waals surface area contributed by atoms with E-state index in [0.29, 0.717) is 5.82 Å². The van der Waals surface area contributed by atoms with Gasteiger partial charge in [0.05, 0.1) is 28.1 Å². The van der Waals surface area contributed by atoms with E-state index in [4.69, 9.17) is 19.9 Å². The summed E-state index contributed by atoms with van der Waals surface area (Å²) in [6, 6.07) is 56.5. The van der Waals surface area contributed by atoms with E-state index in [9.17, 15) is 0 Å². The van der Waals surface area contributed by atoms with Crippen molar-refractivity contribution in [1.29, 1.82) is 0 Å². The number of pyridine rings is 3. The first-order chi connectivity index (χ1) is 25.2. The van der Waals surface area contributed by atoms with Gasteiger partial charge in [-0.2, -0.15) is 0 Å². The highest BCUT2D eigenvalue weighted by molar-refractivity contribution is 6.09. The van der Waals surface area contributed by atoms with Crippen molar-refractivity contribution in [3.8, 4) is 67.5 Å². The molecular formula is C46H31N5. The third-order valence-electron chi connectivity index (χ3n) is 9.22. The monoisotopic (exact) mass is 653 g/mol. The molecule has 9 rings (SSSR count). The lowest BCUT2D eigenvalue weighted by Gasteiger charge is -2.14. The largest absolute Gasteiger partial charge is 0.253 e. The fourth-order valence-corrected chi connectivity index (χ4v) is 6.63. The molecule has 4 heterocycles. The molecule has 0 amide bonds. The normalized spacial score (nSPS) is 11.2. The molecule has 0 radical (unpaired) electrons. The first-order valence-corrected chi connectivity index (χ1v) is 17.0. The van der Waals surface area contributed by atoms with E-state index < -0.39 is 0 Å². The molecule has 4 aromatic heterocycles. The molecule has 0 saturated heterocycles. The maximum Gasteiger partial charge on any atom is 0.179 e. The van der Waals surface area contributed by atoms with E-state index in [2.05, 4.69) is 126 Å². The van der Waals surface area contributed by atoms with E-state index in [1.807, 2.05) is 49.4 Å². The number of hydrogen-bond acceptors (Lipinski definition) is 5. The fourth-order valence-electron chi connectivity index (χ4n) is 6.63. The molecule has 5 nitrogen and oxygen atoms in total. The minimum absolute atomic E-state index is 0.591. The van der Waals surface area contributed by atoms with Crippen LogP contribution in [0.2, 0.25) is 0 Å². The fraction of sp³-hybridized carbons (Fsp3) is 0.0217. The molecule has 0 aliphatic carbocycles. The van der Waals surface area contributed by atoms with Gasteiger partial charge < -0.3 is 0 Å². The van der Waals surface area contributed by atoms with Crippen molar-refractivity contribution < 1.29 is 0 Å². The zero-order chi connectivity index (χ0) is 34.1. The van der Waals surface area contributed by atoms with Gasteiger partial charge in [-0.05, 0) is 65.6 Å². The smallest absolute Gasteiger partial charge is 0.179 e. The molecule has 0 unspecified atom stereocenters. The second-order valence-electron chi connectivity index (χ2n) is 12.6. The SMILES string of the molecule is Cc1ccc2ccc3c(-c4ccc(-c5cc(-c6ccccc6)nc(-c6ccccn6)n5)cc4)cc(-c4cccc(-c5ccccc5)c4)nc3c2n1. The van der Waals surface area contributed by atoms with Crippen molar-refractivity contribution in [3.63, 3.8) is 0 Å². The highest BCUT2D eigenvalue weighted by atomic mass is 14.9. The van der Waals surface area contributed by atoms with Gasteiger partial charge in [0.15, 0.2) is 5.82 Å². The summed E-state index contributed by atoms with van der Waals surface area (Å²) < 4.78 is 0. The predicted octanol–water partition coefficient (Wildman–Crippen LogP) is 11.3. The minimum atomic E-state index is 0.591. The highest BCUT2D eigenvalue weighted by Crippen LogP contribution is 2.37. The number of aromatic nitrogens is 5. The van der Waals surface area contributed by atoms with Crippen LogP contribution in [0.25, 0.3) is 89.4 Å². The molecule has 240 valence electrons. The summed E-state index contributed by atoms with van der Waals surface area (Å²) in [5.41, 5.74) is 13.6. The lowest BCUT2D eigenvalue weighted by atomic mass is 9.95. The number of aryl methyl sites for hydroxylation is 1. The Kier molecular flexibility index (Phi) is 7.63. The summed E-state index contributed by atoms with van der Waals surface area (Å²) in [6.07, 6.45) is 1.77. The standard InChI is InChI=1S/C46H31N5/c1-30-18-19-35-24-25-38-39(28-41(49-45(38)44(35)48-30)37-16-10-15-36(27-37)31-11-4-2-5-12-31)32-20-22-34(23-21-32)43-29-42(33-13-6-3-7-14-33)50-46(51-43)40-17-8-9-26-47-40/h2-29H,1H3. The Morgan fingerprint density at radius 3 is 1.75 bits per heavy atom. The molecular weight excluding hydrogens is 623 g/mol. The molecule has 0 aliphatic rings. The van der Waals surface area contributed by atoms with Crippen LogP contribution in [-0.4, -0.2) is 24.9 Å². The van der Waals surface area contributed by atoms with Crippen molar-refractivity contribution in [2.24, 2.45) is 0 Å². The Morgan fingerprint density at radius 2 is 1.00 bits per heavy atom. The molecule has 0 atom stereocenters. The summed E-state index contributed by atoms with van der Waals surface area (Å²) in [7, 11) is 0. The van der Waals surface area contributed by atoms with Gasteiger partial charge in [-0.15, -0.1) is 0 Å². The molecule has 0 saturated carbocycles. The van der Waals surface area contributed by atoms with Gasteiger partial charge in [0.25, 0.3) is 0 Å². The Morgan fingerprint density at radius 1 is 0.373 bits per heavy atom. The van der Waals surface area contributed by atoms with E-state index in [1.54, 1.807) is 6.20 Å². The number of rotatable bonds is 6. The molecule has 0 aliphatic heterocycles. The van der Waals surface area contributed by atoms with Crippen LogP contribution in [-0.2, 0) is 0 Å². The van der Waals surface area contributed by atoms with Gasteiger partial charge in [-0.1, -0.05) is 127 Å². The van der Waals surface area contributed by atoms with Crippen LogP contribution in [0, 0.1) is 6.92 Å². The van der Waals surface area contributed by atoms with Crippen LogP contribution in [0.4, 0.5) is 0 Å². The van der Waals surface area contributed by atoms with Gasteiger partial charge in [-0.25, -0.2) is 15.0 Å². The third-order valence-corrected chi connectivity index (χ3v) is 9.22. The van der Waals surface area contributed by atoms with Gasteiger partial charge in [0.1, 0.15) is 5.69 Å². The summed E-state index contributed by atoms with van der Waals surface area (Å²) in [6.45, 7) is 2.03. The first kappa shape index (κ1) is 30.2. The van der Waals surface area contributed by atoms with Crippen molar-refractivity contribution in [2.45, 2.75) is 6.92 Å². The number of fused-ring (bicyclic) bond motifs is 3. The highest BCUT2D eigenvalue weighted by Gasteiger charge is 2.16. The van der Waals surface area contributed by atoms with Crippen molar-refractivity contribution in [3.05, 3.63) is 176 Å². The van der Waals surface area contributed by atoms with Crippen LogP contribution in [0.15, 0.2) is 170 Å². The Hall–Kier alpha value is -6.85.